The molecule has 3 rings (SSSR count). The van der Waals surface area contributed by atoms with Gasteiger partial charge in [0.1, 0.15) is 0 Å². The summed E-state index contributed by atoms with van der Waals surface area (Å²) < 4.78 is 10.5. The minimum Gasteiger partial charge on any atom is -0.504 e. The molecule has 0 amide bonds. The first kappa shape index (κ1) is 10.0. The summed E-state index contributed by atoms with van der Waals surface area (Å²) in [6, 6.07) is 9.76. The zero-order valence-corrected chi connectivity index (χ0v) is 9.65. The monoisotopic (exact) mass is 228 g/mol. The van der Waals surface area contributed by atoms with E-state index in [1.54, 1.807) is 13.2 Å². The predicted molar refractivity (Wildman–Crippen MR) is 65.6 cm³/mol. The Morgan fingerprint density at radius 2 is 1.53 bits per heavy atom. The molecular weight excluding hydrogens is 216 g/mol. The maximum atomic E-state index is 9.88. The molecule has 0 unspecified atom stereocenters. The number of phenols is 1. The highest BCUT2D eigenvalue weighted by molar-refractivity contribution is 6.06. The highest BCUT2D eigenvalue weighted by Crippen LogP contribution is 2.57. The van der Waals surface area contributed by atoms with Gasteiger partial charge in [-0.25, -0.2) is 0 Å². The number of hydrogen-bond acceptors (Lipinski definition) is 3. The number of phenolic OH excluding ortho intramolecular Hbond substituents is 1. The molecule has 1 aliphatic rings. The first-order valence-electron chi connectivity index (χ1n) is 5.35. The predicted octanol–water partition coefficient (Wildman–Crippen LogP) is 3.06. The summed E-state index contributed by atoms with van der Waals surface area (Å²) in [5.41, 5.74) is 4.30. The van der Waals surface area contributed by atoms with E-state index in [-0.39, 0.29) is 5.75 Å². The molecule has 3 nitrogen and oxygen atoms in total. The molecule has 0 heterocycles. The summed E-state index contributed by atoms with van der Waals surface area (Å²) >= 11 is 0. The van der Waals surface area contributed by atoms with E-state index in [9.17, 15) is 5.11 Å². The first-order chi connectivity index (χ1) is 8.27. The smallest absolute Gasteiger partial charge is 0.203 e. The molecule has 3 heteroatoms. The molecule has 0 aliphatic heterocycles. The van der Waals surface area contributed by atoms with Gasteiger partial charge in [0.25, 0.3) is 0 Å². The molecule has 0 saturated heterocycles. The Bertz CT molecular complexity index is 603. The lowest BCUT2D eigenvalue weighted by Crippen LogP contribution is -2.03. The van der Waals surface area contributed by atoms with Gasteiger partial charge in [-0.1, -0.05) is 24.3 Å². The number of rotatable bonds is 2. The third-order valence-corrected chi connectivity index (χ3v) is 3.11. The van der Waals surface area contributed by atoms with Crippen molar-refractivity contribution in [3.63, 3.8) is 0 Å². The van der Waals surface area contributed by atoms with Gasteiger partial charge in [-0.05, 0) is 22.8 Å². The van der Waals surface area contributed by atoms with E-state index in [2.05, 4.69) is 0 Å². The van der Waals surface area contributed by atoms with Crippen molar-refractivity contribution in [2.24, 2.45) is 0 Å². The van der Waals surface area contributed by atoms with Crippen LogP contribution in [0.3, 0.4) is 0 Å². The molecule has 0 bridgehead atoms. The van der Waals surface area contributed by atoms with Crippen LogP contribution in [0.5, 0.6) is 17.2 Å². The van der Waals surface area contributed by atoms with Crippen LogP contribution in [-0.4, -0.2) is 19.3 Å². The Kier molecular flexibility index (Phi) is 2.01. The standard InChI is InChI=1S/C14H12O3/c1-16-13-11(15)7-10-8-5-3-4-6-9(8)12(10)14(13)17-2/h3-7,15H,1-2H3. The number of ether oxygens (including phenoxy) is 2. The van der Waals surface area contributed by atoms with Crippen LogP contribution in [-0.2, 0) is 0 Å². The van der Waals surface area contributed by atoms with Crippen LogP contribution < -0.4 is 9.47 Å². The molecule has 86 valence electrons. The fourth-order valence-corrected chi connectivity index (χ4v) is 2.37. The van der Waals surface area contributed by atoms with Crippen molar-refractivity contribution in [2.75, 3.05) is 14.2 Å². The van der Waals surface area contributed by atoms with Gasteiger partial charge in [0, 0.05) is 5.56 Å². The van der Waals surface area contributed by atoms with Gasteiger partial charge >= 0.3 is 0 Å². The number of aromatic hydroxyl groups is 1. The molecule has 1 aliphatic carbocycles. The van der Waals surface area contributed by atoms with E-state index in [4.69, 9.17) is 9.47 Å². The van der Waals surface area contributed by atoms with Crippen LogP contribution in [0, 0.1) is 0 Å². The number of hydrogen-bond donors (Lipinski definition) is 1. The molecule has 2 aromatic rings. The largest absolute Gasteiger partial charge is 0.504 e. The molecule has 2 aromatic carbocycles. The lowest BCUT2D eigenvalue weighted by Gasteiger charge is -2.27. The lowest BCUT2D eigenvalue weighted by molar-refractivity contribution is 0.334. The molecule has 17 heavy (non-hydrogen) atoms. The Morgan fingerprint density at radius 1 is 0.882 bits per heavy atom. The number of benzene rings is 2. The molecular formula is C14H12O3. The van der Waals surface area contributed by atoms with Gasteiger partial charge < -0.3 is 14.6 Å². The molecule has 1 N–H and O–H groups in total. The number of methoxy groups -OCH3 is 2. The van der Waals surface area contributed by atoms with Gasteiger partial charge in [-0.2, -0.15) is 0 Å². The van der Waals surface area contributed by atoms with E-state index < -0.39 is 0 Å². The Morgan fingerprint density at radius 3 is 2.18 bits per heavy atom. The van der Waals surface area contributed by atoms with Crippen molar-refractivity contribution < 1.29 is 14.6 Å². The van der Waals surface area contributed by atoms with Crippen LogP contribution in [0.25, 0.3) is 22.3 Å². The molecule has 0 radical (unpaired) electrons. The van der Waals surface area contributed by atoms with Gasteiger partial charge in [-0.3, -0.25) is 0 Å². The van der Waals surface area contributed by atoms with Gasteiger partial charge in [-0.15, -0.1) is 0 Å². The third-order valence-electron chi connectivity index (χ3n) is 3.11. The van der Waals surface area contributed by atoms with E-state index in [1.807, 2.05) is 24.3 Å². The zero-order valence-electron chi connectivity index (χ0n) is 9.65. The zero-order chi connectivity index (χ0) is 12.0. The first-order valence-corrected chi connectivity index (χ1v) is 5.35. The summed E-state index contributed by atoms with van der Waals surface area (Å²) in [5.74, 6) is 1.10. The molecule has 0 aromatic heterocycles. The van der Waals surface area contributed by atoms with Crippen molar-refractivity contribution in [3.8, 4) is 39.5 Å². The fourth-order valence-electron chi connectivity index (χ4n) is 2.37. The lowest BCUT2D eigenvalue weighted by atomic mass is 9.79. The molecule has 0 saturated carbocycles. The van der Waals surface area contributed by atoms with Gasteiger partial charge in [0.05, 0.1) is 14.2 Å². The second-order valence-corrected chi connectivity index (χ2v) is 3.93. The average molecular weight is 228 g/mol. The SMILES string of the molecule is COc1c(O)cc2c(c1OC)-c1ccccc1-2. The normalized spacial score (nSPS) is 11.2. The maximum absolute atomic E-state index is 9.88. The van der Waals surface area contributed by atoms with Crippen LogP contribution in [0.4, 0.5) is 0 Å². The third kappa shape index (κ3) is 1.16. The maximum Gasteiger partial charge on any atom is 0.203 e. The highest BCUT2D eigenvalue weighted by atomic mass is 16.5. The fraction of sp³-hybridized carbons (Fsp3) is 0.143. The minimum atomic E-state index is 0.109. The van der Waals surface area contributed by atoms with E-state index >= 15 is 0 Å². The average Bonchev–Trinajstić information content (AvgIpc) is 2.35. The molecule has 0 fully saturated rings. The summed E-state index contributed by atoms with van der Waals surface area (Å²) in [6.07, 6.45) is 0. The Hall–Kier alpha value is -2.16. The van der Waals surface area contributed by atoms with Crippen LogP contribution in [0.2, 0.25) is 0 Å². The van der Waals surface area contributed by atoms with E-state index in [1.165, 1.54) is 7.11 Å². The van der Waals surface area contributed by atoms with Crippen molar-refractivity contribution in [3.05, 3.63) is 30.3 Å². The second kappa shape index (κ2) is 3.42. The topological polar surface area (TPSA) is 38.7 Å². The van der Waals surface area contributed by atoms with Gasteiger partial charge in [0.15, 0.2) is 11.5 Å². The van der Waals surface area contributed by atoms with Crippen molar-refractivity contribution in [2.45, 2.75) is 0 Å². The molecule has 0 atom stereocenters. The summed E-state index contributed by atoms with van der Waals surface area (Å²) in [5, 5.41) is 9.88. The highest BCUT2D eigenvalue weighted by Gasteiger charge is 2.30. The summed E-state index contributed by atoms with van der Waals surface area (Å²) in [6.45, 7) is 0. The van der Waals surface area contributed by atoms with Crippen LogP contribution >= 0.6 is 0 Å². The van der Waals surface area contributed by atoms with Crippen molar-refractivity contribution >= 4 is 0 Å². The van der Waals surface area contributed by atoms with Crippen LogP contribution in [0.15, 0.2) is 30.3 Å². The summed E-state index contributed by atoms with van der Waals surface area (Å²) in [7, 11) is 3.10. The van der Waals surface area contributed by atoms with Crippen molar-refractivity contribution in [1.29, 1.82) is 0 Å². The second-order valence-electron chi connectivity index (χ2n) is 3.93. The van der Waals surface area contributed by atoms with Crippen LogP contribution in [0.1, 0.15) is 0 Å². The van der Waals surface area contributed by atoms with Crippen molar-refractivity contribution in [1.82, 2.24) is 0 Å². The van der Waals surface area contributed by atoms with E-state index in [0.29, 0.717) is 11.5 Å². The van der Waals surface area contributed by atoms with Gasteiger partial charge in [0.2, 0.25) is 5.75 Å². The molecule has 0 spiro atoms. The quantitative estimate of drug-likeness (QED) is 0.732. The Labute approximate surface area is 99.2 Å². The van der Waals surface area contributed by atoms with E-state index in [0.717, 1.165) is 22.3 Å². The minimum absolute atomic E-state index is 0.109. The number of fused-ring (bicyclic) bond motifs is 4. The summed E-state index contributed by atoms with van der Waals surface area (Å²) in [4.78, 5) is 0. The Balaban J connectivity index is 2.30.